The number of nitrogens with two attached hydrogens (primary N) is 1. The highest BCUT2D eigenvalue weighted by Crippen LogP contribution is 2.23. The summed E-state index contributed by atoms with van der Waals surface area (Å²) in [4.78, 5) is 14.2. The van der Waals surface area contributed by atoms with Gasteiger partial charge in [-0.3, -0.25) is 10.1 Å². The molecule has 2 aromatic rings. The van der Waals surface area contributed by atoms with Gasteiger partial charge in [0.15, 0.2) is 5.84 Å². The molecule has 0 aliphatic heterocycles. The molecule has 1 heterocycles. The molecular weight excluding hydrogens is 276 g/mol. The van der Waals surface area contributed by atoms with E-state index in [1.807, 2.05) is 0 Å². The number of amidine groups is 1. The van der Waals surface area contributed by atoms with Gasteiger partial charge in [-0.2, -0.15) is 0 Å². The summed E-state index contributed by atoms with van der Waals surface area (Å²) in [6, 6.07) is 8.73. The van der Waals surface area contributed by atoms with Crippen molar-refractivity contribution in [2.24, 2.45) is 10.9 Å². The van der Waals surface area contributed by atoms with Crippen molar-refractivity contribution in [3.8, 4) is 11.6 Å². The molecule has 0 radical (unpaired) electrons. The molecule has 0 aliphatic rings. The molecule has 0 saturated carbocycles. The molecule has 0 saturated heterocycles. The maximum absolute atomic E-state index is 10.6. The number of ether oxygens (including phenoxy) is 1. The van der Waals surface area contributed by atoms with E-state index in [0.717, 1.165) is 0 Å². The van der Waals surface area contributed by atoms with E-state index >= 15 is 0 Å². The van der Waals surface area contributed by atoms with Crippen molar-refractivity contribution >= 4 is 11.5 Å². The van der Waals surface area contributed by atoms with Crippen LogP contribution in [0.1, 0.15) is 11.3 Å². The molecule has 0 aliphatic carbocycles. The van der Waals surface area contributed by atoms with Crippen LogP contribution >= 0.6 is 0 Å². The summed E-state index contributed by atoms with van der Waals surface area (Å²) in [6.07, 6.45) is 0. The molecule has 3 N–H and O–H groups in total. The third-order valence-corrected chi connectivity index (χ3v) is 2.60. The first-order valence-electron chi connectivity index (χ1n) is 5.88. The number of aromatic nitrogens is 1. The topological polar surface area (TPSA) is 124 Å². The number of hydrogen-bond donors (Lipinski definition) is 2. The lowest BCUT2D eigenvalue weighted by Gasteiger charge is -2.07. The predicted molar refractivity (Wildman–Crippen MR) is 74.7 cm³/mol. The molecule has 108 valence electrons. The van der Waals surface area contributed by atoms with E-state index in [9.17, 15) is 10.1 Å². The Morgan fingerprint density at radius 3 is 2.62 bits per heavy atom. The van der Waals surface area contributed by atoms with Gasteiger partial charge in [0.25, 0.3) is 5.69 Å². The second-order valence-corrected chi connectivity index (χ2v) is 4.17. The maximum atomic E-state index is 10.6. The van der Waals surface area contributed by atoms with Gasteiger partial charge < -0.3 is 15.7 Å². The first kappa shape index (κ1) is 14.3. The van der Waals surface area contributed by atoms with Crippen LogP contribution in [0.25, 0.3) is 0 Å². The van der Waals surface area contributed by atoms with Gasteiger partial charge in [-0.25, -0.2) is 4.98 Å². The van der Waals surface area contributed by atoms with Gasteiger partial charge in [0.2, 0.25) is 5.88 Å². The predicted octanol–water partition coefficient (Wildman–Crippen LogP) is 2.19. The lowest BCUT2D eigenvalue weighted by atomic mass is 10.2. The SMILES string of the molecule is Cc1cc(/C(N)=N/O)cc(Oc2ccc([N+](=O)[O-])cc2)n1. The van der Waals surface area contributed by atoms with Crippen molar-refractivity contribution in [3.05, 3.63) is 57.8 Å². The van der Waals surface area contributed by atoms with Crippen molar-refractivity contribution in [3.63, 3.8) is 0 Å². The van der Waals surface area contributed by atoms with Crippen molar-refractivity contribution < 1.29 is 14.9 Å². The van der Waals surface area contributed by atoms with Crippen molar-refractivity contribution in [1.29, 1.82) is 0 Å². The quantitative estimate of drug-likeness (QED) is 0.292. The van der Waals surface area contributed by atoms with Crippen LogP contribution in [-0.2, 0) is 0 Å². The number of pyridine rings is 1. The zero-order valence-corrected chi connectivity index (χ0v) is 11.1. The van der Waals surface area contributed by atoms with Gasteiger partial charge in [0, 0.05) is 29.5 Å². The van der Waals surface area contributed by atoms with Crippen molar-refractivity contribution in [2.45, 2.75) is 6.92 Å². The highest BCUT2D eigenvalue weighted by atomic mass is 16.6. The molecule has 0 spiro atoms. The average molecular weight is 288 g/mol. The molecule has 1 aromatic heterocycles. The zero-order chi connectivity index (χ0) is 15.4. The highest BCUT2D eigenvalue weighted by molar-refractivity contribution is 5.97. The molecule has 8 heteroatoms. The smallest absolute Gasteiger partial charge is 0.269 e. The first-order chi connectivity index (χ1) is 9.99. The lowest BCUT2D eigenvalue weighted by molar-refractivity contribution is -0.384. The number of aryl methyl sites for hydroxylation is 1. The van der Waals surface area contributed by atoms with E-state index in [1.54, 1.807) is 13.0 Å². The Bertz CT molecular complexity index is 698. The Labute approximate surface area is 119 Å². The number of non-ortho nitro benzene ring substituents is 1. The molecular formula is C13H12N4O4. The lowest BCUT2D eigenvalue weighted by Crippen LogP contribution is -2.13. The molecule has 2 rings (SSSR count). The minimum absolute atomic E-state index is 0.0306. The van der Waals surface area contributed by atoms with Crippen LogP contribution in [0.3, 0.4) is 0 Å². The van der Waals surface area contributed by atoms with Crippen LogP contribution in [0.4, 0.5) is 5.69 Å². The van der Waals surface area contributed by atoms with E-state index < -0.39 is 4.92 Å². The summed E-state index contributed by atoms with van der Waals surface area (Å²) in [7, 11) is 0. The van der Waals surface area contributed by atoms with Gasteiger partial charge in [0.1, 0.15) is 5.75 Å². The summed E-state index contributed by atoms with van der Waals surface area (Å²) in [5.41, 5.74) is 6.57. The number of oxime groups is 1. The second kappa shape index (κ2) is 5.87. The van der Waals surface area contributed by atoms with E-state index in [2.05, 4.69) is 10.1 Å². The van der Waals surface area contributed by atoms with Gasteiger partial charge in [-0.05, 0) is 25.1 Å². The fourth-order valence-corrected chi connectivity index (χ4v) is 1.65. The highest BCUT2D eigenvalue weighted by Gasteiger charge is 2.08. The Hall–Kier alpha value is -3.16. The fourth-order valence-electron chi connectivity index (χ4n) is 1.65. The van der Waals surface area contributed by atoms with Crippen molar-refractivity contribution in [1.82, 2.24) is 4.98 Å². The van der Waals surface area contributed by atoms with Gasteiger partial charge in [-0.1, -0.05) is 5.16 Å². The fraction of sp³-hybridized carbons (Fsp3) is 0.0769. The summed E-state index contributed by atoms with van der Waals surface area (Å²) >= 11 is 0. The number of hydrogen-bond acceptors (Lipinski definition) is 6. The Morgan fingerprint density at radius 2 is 2.05 bits per heavy atom. The Morgan fingerprint density at radius 1 is 1.38 bits per heavy atom. The number of nitro groups is 1. The van der Waals surface area contributed by atoms with Gasteiger partial charge in [0.05, 0.1) is 4.92 Å². The standard InChI is InChI=1S/C13H12N4O4/c1-8-6-9(13(14)16-18)7-12(15-8)21-11-4-2-10(3-5-11)17(19)20/h2-7,18H,1H3,(H2,14,16). The Balaban J connectivity index is 2.27. The third kappa shape index (κ3) is 3.44. The van der Waals surface area contributed by atoms with Crippen molar-refractivity contribution in [2.75, 3.05) is 0 Å². The molecule has 0 amide bonds. The average Bonchev–Trinajstić information content (AvgIpc) is 2.46. The van der Waals surface area contributed by atoms with Crippen LogP contribution < -0.4 is 10.5 Å². The third-order valence-electron chi connectivity index (χ3n) is 2.60. The minimum Gasteiger partial charge on any atom is -0.439 e. The van der Waals surface area contributed by atoms with Crippen LogP contribution in [0, 0.1) is 17.0 Å². The molecule has 0 fully saturated rings. The number of nitro benzene ring substituents is 1. The van der Waals surface area contributed by atoms with Gasteiger partial charge >= 0.3 is 0 Å². The number of rotatable bonds is 4. The molecule has 0 unspecified atom stereocenters. The van der Waals surface area contributed by atoms with E-state index in [0.29, 0.717) is 17.0 Å². The van der Waals surface area contributed by atoms with E-state index in [4.69, 9.17) is 15.7 Å². The van der Waals surface area contributed by atoms with Crippen LogP contribution in [0.5, 0.6) is 11.6 Å². The number of benzene rings is 1. The molecule has 0 bridgehead atoms. The summed E-state index contributed by atoms with van der Waals surface area (Å²) in [5, 5.41) is 22.2. The second-order valence-electron chi connectivity index (χ2n) is 4.17. The monoisotopic (exact) mass is 288 g/mol. The molecule has 1 aromatic carbocycles. The summed E-state index contributed by atoms with van der Waals surface area (Å²) in [5.74, 6) is 0.573. The van der Waals surface area contributed by atoms with Crippen LogP contribution in [0.2, 0.25) is 0 Å². The number of nitrogens with zero attached hydrogens (tertiary/aromatic N) is 3. The first-order valence-corrected chi connectivity index (χ1v) is 5.88. The summed E-state index contributed by atoms with van der Waals surface area (Å²) in [6.45, 7) is 1.73. The van der Waals surface area contributed by atoms with Gasteiger partial charge in [-0.15, -0.1) is 0 Å². The molecule has 8 nitrogen and oxygen atoms in total. The normalized spacial score (nSPS) is 11.2. The zero-order valence-electron chi connectivity index (χ0n) is 11.1. The maximum Gasteiger partial charge on any atom is 0.269 e. The van der Waals surface area contributed by atoms with Crippen LogP contribution in [-0.4, -0.2) is 21.0 Å². The minimum atomic E-state index is -0.495. The Kier molecular flexibility index (Phi) is 3.98. The molecule has 0 atom stereocenters. The summed E-state index contributed by atoms with van der Waals surface area (Å²) < 4.78 is 5.50. The van der Waals surface area contributed by atoms with E-state index in [-0.39, 0.29) is 17.4 Å². The van der Waals surface area contributed by atoms with Crippen LogP contribution in [0.15, 0.2) is 41.6 Å². The van der Waals surface area contributed by atoms with E-state index in [1.165, 1.54) is 30.3 Å². The molecule has 21 heavy (non-hydrogen) atoms. The largest absolute Gasteiger partial charge is 0.439 e.